The number of carboxylic acids is 1. The van der Waals surface area contributed by atoms with Crippen LogP contribution in [0.5, 0.6) is 0 Å². The molecular formula is C8H8F5NO4. The van der Waals surface area contributed by atoms with Gasteiger partial charge in [-0.3, -0.25) is 4.79 Å². The number of β-amino-alcohol motifs (C(OH)–C–C–N with tert-alkyl or cyclic N) is 1. The van der Waals surface area contributed by atoms with E-state index in [1.807, 2.05) is 0 Å². The Morgan fingerprint density at radius 1 is 1.17 bits per heavy atom. The van der Waals surface area contributed by atoms with Gasteiger partial charge in [0, 0.05) is 13.0 Å². The van der Waals surface area contributed by atoms with Crippen LogP contribution in [0.2, 0.25) is 0 Å². The summed E-state index contributed by atoms with van der Waals surface area (Å²) in [5.74, 6) is -9.68. The number of carbonyl (C=O) groups is 2. The fraction of sp³-hybridized carbons (Fsp3) is 0.750. The maximum atomic E-state index is 13.1. The van der Waals surface area contributed by atoms with E-state index in [2.05, 4.69) is 0 Å². The lowest BCUT2D eigenvalue weighted by Gasteiger charge is -2.29. The number of likely N-dealkylation sites (tertiary alicyclic amines) is 1. The largest absolute Gasteiger partial charge is 0.477 e. The zero-order valence-electron chi connectivity index (χ0n) is 8.67. The SMILES string of the molecule is O=C(N1CCC(O)(C(F)(F)C(=O)O)C1)C(F)(F)F. The van der Waals surface area contributed by atoms with Gasteiger partial charge in [0.1, 0.15) is 0 Å². The third kappa shape index (κ3) is 2.24. The Hall–Kier alpha value is -1.45. The summed E-state index contributed by atoms with van der Waals surface area (Å²) in [5, 5.41) is 17.6. The molecule has 104 valence electrons. The maximum Gasteiger partial charge on any atom is 0.471 e. The average Bonchev–Trinajstić information content (AvgIpc) is 2.59. The minimum absolute atomic E-state index is 0.0448. The molecular weight excluding hydrogens is 269 g/mol. The average molecular weight is 277 g/mol. The standard InChI is InChI=1S/C8H8F5NO4/c9-7(10,5(16)17)6(18)1-2-14(3-6)4(15)8(11,12)13/h18H,1-3H2,(H,16,17). The van der Waals surface area contributed by atoms with E-state index in [-0.39, 0.29) is 4.90 Å². The molecule has 1 saturated heterocycles. The fourth-order valence-electron chi connectivity index (χ4n) is 1.60. The highest BCUT2D eigenvalue weighted by molar-refractivity contribution is 5.83. The minimum Gasteiger partial charge on any atom is -0.477 e. The Kier molecular flexibility index (Phi) is 3.28. The van der Waals surface area contributed by atoms with Gasteiger partial charge in [0.2, 0.25) is 0 Å². The molecule has 18 heavy (non-hydrogen) atoms. The monoisotopic (exact) mass is 277 g/mol. The van der Waals surface area contributed by atoms with Gasteiger partial charge in [0.05, 0.1) is 6.54 Å². The number of hydrogen-bond acceptors (Lipinski definition) is 3. The van der Waals surface area contributed by atoms with Crippen LogP contribution < -0.4 is 0 Å². The van der Waals surface area contributed by atoms with E-state index in [1.54, 1.807) is 0 Å². The molecule has 10 heteroatoms. The molecule has 1 fully saturated rings. The third-order valence-electron chi connectivity index (χ3n) is 2.63. The molecule has 0 radical (unpaired) electrons. The Balaban J connectivity index is 2.89. The zero-order chi connectivity index (χ0) is 14.4. The van der Waals surface area contributed by atoms with Crippen molar-refractivity contribution in [3.8, 4) is 0 Å². The van der Waals surface area contributed by atoms with E-state index >= 15 is 0 Å². The predicted molar refractivity (Wildman–Crippen MR) is 44.8 cm³/mol. The molecule has 0 spiro atoms. The van der Waals surface area contributed by atoms with Crippen molar-refractivity contribution in [3.63, 3.8) is 0 Å². The summed E-state index contributed by atoms with van der Waals surface area (Å²) in [6.07, 6.45) is -6.21. The number of carboxylic acid groups (broad SMARTS) is 1. The molecule has 0 saturated carbocycles. The molecule has 2 N–H and O–H groups in total. The number of alkyl halides is 5. The molecule has 0 aromatic carbocycles. The van der Waals surface area contributed by atoms with E-state index in [0.29, 0.717) is 0 Å². The van der Waals surface area contributed by atoms with Crippen molar-refractivity contribution in [1.82, 2.24) is 4.90 Å². The van der Waals surface area contributed by atoms with Crippen LogP contribution in [0.1, 0.15) is 6.42 Å². The molecule has 1 amide bonds. The van der Waals surface area contributed by atoms with Crippen molar-refractivity contribution in [2.24, 2.45) is 0 Å². The summed E-state index contributed by atoms with van der Waals surface area (Å²) in [5.41, 5.74) is -3.19. The highest BCUT2D eigenvalue weighted by atomic mass is 19.4. The first-order valence-corrected chi connectivity index (χ1v) is 4.61. The summed E-state index contributed by atoms with van der Waals surface area (Å²) in [6.45, 7) is -2.18. The Labute approximate surface area is 96.8 Å². The van der Waals surface area contributed by atoms with Crippen LogP contribution in [0.4, 0.5) is 22.0 Å². The Bertz CT molecular complexity index is 382. The van der Waals surface area contributed by atoms with Gasteiger partial charge in [0.15, 0.2) is 5.60 Å². The quantitative estimate of drug-likeness (QED) is 0.708. The smallest absolute Gasteiger partial charge is 0.471 e. The number of halogens is 5. The molecule has 5 nitrogen and oxygen atoms in total. The number of rotatable bonds is 2. The second-order valence-electron chi connectivity index (χ2n) is 3.89. The summed E-state index contributed by atoms with van der Waals surface area (Å²) < 4.78 is 62.3. The van der Waals surface area contributed by atoms with Gasteiger partial charge in [-0.2, -0.15) is 22.0 Å². The number of carbonyl (C=O) groups excluding carboxylic acids is 1. The molecule has 1 unspecified atom stereocenters. The summed E-state index contributed by atoms with van der Waals surface area (Å²) >= 11 is 0. The number of aliphatic carboxylic acids is 1. The Morgan fingerprint density at radius 3 is 2.06 bits per heavy atom. The Morgan fingerprint density at radius 2 is 1.67 bits per heavy atom. The first-order chi connectivity index (χ1) is 7.92. The lowest BCUT2D eigenvalue weighted by Crippen LogP contribution is -2.55. The molecule has 1 heterocycles. The molecule has 1 rings (SSSR count). The van der Waals surface area contributed by atoms with Crippen LogP contribution in [0.25, 0.3) is 0 Å². The molecule has 1 atom stereocenters. The molecule has 0 aromatic heterocycles. The van der Waals surface area contributed by atoms with Crippen molar-refractivity contribution >= 4 is 11.9 Å². The van der Waals surface area contributed by atoms with Crippen LogP contribution >= 0.6 is 0 Å². The molecule has 1 aliphatic heterocycles. The summed E-state index contributed by atoms with van der Waals surface area (Å²) in [7, 11) is 0. The second-order valence-corrected chi connectivity index (χ2v) is 3.89. The number of aliphatic hydroxyl groups is 1. The van der Waals surface area contributed by atoms with Gasteiger partial charge in [-0.1, -0.05) is 0 Å². The molecule has 0 bridgehead atoms. The van der Waals surface area contributed by atoms with Crippen LogP contribution in [-0.2, 0) is 9.59 Å². The van der Waals surface area contributed by atoms with Crippen molar-refractivity contribution in [1.29, 1.82) is 0 Å². The maximum absolute atomic E-state index is 13.1. The molecule has 0 aliphatic carbocycles. The topological polar surface area (TPSA) is 77.8 Å². The zero-order valence-corrected chi connectivity index (χ0v) is 8.67. The minimum atomic E-state index is -5.26. The first kappa shape index (κ1) is 14.6. The van der Waals surface area contributed by atoms with Gasteiger partial charge < -0.3 is 15.1 Å². The van der Waals surface area contributed by atoms with Crippen LogP contribution in [0.3, 0.4) is 0 Å². The van der Waals surface area contributed by atoms with Crippen LogP contribution in [0, 0.1) is 0 Å². The van der Waals surface area contributed by atoms with Gasteiger partial charge >= 0.3 is 24.0 Å². The van der Waals surface area contributed by atoms with E-state index in [4.69, 9.17) is 5.11 Å². The highest BCUT2D eigenvalue weighted by Gasteiger charge is 2.63. The highest BCUT2D eigenvalue weighted by Crippen LogP contribution is 2.38. The van der Waals surface area contributed by atoms with E-state index < -0.39 is 49.1 Å². The van der Waals surface area contributed by atoms with Gasteiger partial charge in [-0.15, -0.1) is 0 Å². The fourth-order valence-corrected chi connectivity index (χ4v) is 1.60. The first-order valence-electron chi connectivity index (χ1n) is 4.61. The molecule has 0 aromatic rings. The van der Waals surface area contributed by atoms with Crippen molar-refractivity contribution in [2.75, 3.05) is 13.1 Å². The lowest BCUT2D eigenvalue weighted by atomic mass is 9.95. The van der Waals surface area contributed by atoms with Crippen molar-refractivity contribution < 1.29 is 41.8 Å². The van der Waals surface area contributed by atoms with Crippen LogP contribution in [-0.4, -0.2) is 57.8 Å². The van der Waals surface area contributed by atoms with Crippen molar-refractivity contribution in [3.05, 3.63) is 0 Å². The number of nitrogens with zero attached hydrogens (tertiary/aromatic N) is 1. The molecule has 1 aliphatic rings. The number of amides is 1. The van der Waals surface area contributed by atoms with Crippen LogP contribution in [0.15, 0.2) is 0 Å². The summed E-state index contributed by atoms with van der Waals surface area (Å²) in [6, 6.07) is 0. The lowest BCUT2D eigenvalue weighted by molar-refractivity contribution is -0.207. The summed E-state index contributed by atoms with van der Waals surface area (Å²) in [4.78, 5) is 21.0. The second kappa shape index (κ2) is 4.04. The third-order valence-corrected chi connectivity index (χ3v) is 2.63. The van der Waals surface area contributed by atoms with E-state index in [1.165, 1.54) is 0 Å². The van der Waals surface area contributed by atoms with E-state index in [9.17, 15) is 36.6 Å². The van der Waals surface area contributed by atoms with Crippen molar-refractivity contribution in [2.45, 2.75) is 24.1 Å². The van der Waals surface area contributed by atoms with Gasteiger partial charge in [0.25, 0.3) is 0 Å². The predicted octanol–water partition coefficient (Wildman–Crippen LogP) is 0.232. The number of hydrogen-bond donors (Lipinski definition) is 2. The van der Waals surface area contributed by atoms with Gasteiger partial charge in [-0.05, 0) is 0 Å². The van der Waals surface area contributed by atoms with Gasteiger partial charge in [-0.25, -0.2) is 4.79 Å². The normalized spacial score (nSPS) is 25.3. The van der Waals surface area contributed by atoms with E-state index in [0.717, 1.165) is 0 Å².